The summed E-state index contributed by atoms with van der Waals surface area (Å²) in [6.45, 7) is 0. The van der Waals surface area contributed by atoms with Gasteiger partial charge in [-0.15, -0.1) is 0 Å². The van der Waals surface area contributed by atoms with Crippen molar-refractivity contribution in [2.24, 2.45) is 0 Å². The van der Waals surface area contributed by atoms with Gasteiger partial charge in [0.15, 0.2) is 0 Å². The van der Waals surface area contributed by atoms with Gasteiger partial charge in [0.05, 0.1) is 0 Å². The van der Waals surface area contributed by atoms with Crippen LogP contribution in [0.5, 0.6) is 0 Å². The number of carbonyl (C=O) groups excluding carboxylic acids is 1. The highest BCUT2D eigenvalue weighted by Crippen LogP contribution is 2.19. The summed E-state index contributed by atoms with van der Waals surface area (Å²) in [5.41, 5.74) is 1.69. The number of aromatic nitrogens is 1. The molecule has 2 aromatic rings. The van der Waals surface area contributed by atoms with Crippen molar-refractivity contribution in [3.8, 4) is 0 Å². The van der Waals surface area contributed by atoms with Crippen molar-refractivity contribution in [2.75, 3.05) is 0 Å². The minimum atomic E-state index is -0.315. The number of hydrogen-bond donors (Lipinski definition) is 0. The second kappa shape index (κ2) is 5.87. The fraction of sp³-hybridized carbons (Fsp3) is 0.143. The molecule has 1 aromatic carbocycles. The second-order valence-electron chi connectivity index (χ2n) is 3.99. The quantitative estimate of drug-likeness (QED) is 0.867. The summed E-state index contributed by atoms with van der Waals surface area (Å²) in [4.78, 5) is 15.8. The lowest BCUT2D eigenvalue weighted by Gasteiger charge is -2.04. The SMILES string of the molecule is O=C(Cc1cccnc1)Cc1ccc(F)cc1Br. The van der Waals surface area contributed by atoms with Gasteiger partial charge < -0.3 is 0 Å². The largest absolute Gasteiger partial charge is 0.299 e. The molecule has 0 fully saturated rings. The van der Waals surface area contributed by atoms with E-state index in [1.807, 2.05) is 6.07 Å². The number of carbonyl (C=O) groups is 1. The Labute approximate surface area is 113 Å². The molecule has 0 unspecified atom stereocenters. The van der Waals surface area contributed by atoms with Crippen LogP contribution in [0.2, 0.25) is 0 Å². The molecular weight excluding hydrogens is 297 g/mol. The zero-order valence-corrected chi connectivity index (χ0v) is 11.2. The number of ketones is 1. The maximum atomic E-state index is 12.9. The van der Waals surface area contributed by atoms with E-state index in [0.29, 0.717) is 10.9 Å². The maximum absolute atomic E-state index is 12.9. The standard InChI is InChI=1S/C14H11BrFNO/c15-14-8-12(16)4-3-11(14)7-13(18)6-10-2-1-5-17-9-10/h1-5,8-9H,6-7H2. The second-order valence-corrected chi connectivity index (χ2v) is 4.84. The third kappa shape index (κ3) is 3.47. The predicted molar refractivity (Wildman–Crippen MR) is 70.8 cm³/mol. The fourth-order valence-corrected chi connectivity index (χ4v) is 2.16. The van der Waals surface area contributed by atoms with Crippen LogP contribution in [-0.2, 0) is 17.6 Å². The van der Waals surface area contributed by atoms with E-state index in [0.717, 1.165) is 11.1 Å². The van der Waals surface area contributed by atoms with Gasteiger partial charge in [0.25, 0.3) is 0 Å². The topological polar surface area (TPSA) is 30.0 Å². The van der Waals surface area contributed by atoms with Gasteiger partial charge in [-0.3, -0.25) is 9.78 Å². The Kier molecular flexibility index (Phi) is 4.20. The monoisotopic (exact) mass is 307 g/mol. The van der Waals surface area contributed by atoms with Gasteiger partial charge in [0.2, 0.25) is 0 Å². The highest BCUT2D eigenvalue weighted by Gasteiger charge is 2.08. The lowest BCUT2D eigenvalue weighted by Crippen LogP contribution is -2.07. The molecule has 18 heavy (non-hydrogen) atoms. The van der Waals surface area contributed by atoms with Crippen molar-refractivity contribution in [3.63, 3.8) is 0 Å². The van der Waals surface area contributed by atoms with Gasteiger partial charge in [0.1, 0.15) is 11.6 Å². The molecule has 0 aliphatic heterocycles. The maximum Gasteiger partial charge on any atom is 0.141 e. The number of rotatable bonds is 4. The molecule has 0 saturated carbocycles. The molecule has 1 heterocycles. The Hall–Kier alpha value is -1.55. The Morgan fingerprint density at radius 2 is 2.11 bits per heavy atom. The number of Topliss-reactive ketones (excluding diaryl/α,β-unsaturated/α-hetero) is 1. The van der Waals surface area contributed by atoms with E-state index in [1.165, 1.54) is 12.1 Å². The zero-order chi connectivity index (χ0) is 13.0. The number of benzene rings is 1. The van der Waals surface area contributed by atoms with Crippen molar-refractivity contribution in [1.29, 1.82) is 0 Å². The van der Waals surface area contributed by atoms with Crippen LogP contribution in [0.25, 0.3) is 0 Å². The molecule has 0 amide bonds. The van der Waals surface area contributed by atoms with Crippen molar-refractivity contribution < 1.29 is 9.18 Å². The molecule has 1 aromatic heterocycles. The van der Waals surface area contributed by atoms with Crippen LogP contribution in [0.1, 0.15) is 11.1 Å². The first kappa shape index (κ1) is 12.9. The summed E-state index contributed by atoms with van der Waals surface area (Å²) in [7, 11) is 0. The summed E-state index contributed by atoms with van der Waals surface area (Å²) in [6.07, 6.45) is 3.98. The van der Waals surface area contributed by atoms with E-state index in [2.05, 4.69) is 20.9 Å². The molecule has 0 bridgehead atoms. The van der Waals surface area contributed by atoms with Gasteiger partial charge in [-0.05, 0) is 29.3 Å². The lowest BCUT2D eigenvalue weighted by molar-refractivity contribution is -0.117. The van der Waals surface area contributed by atoms with Crippen LogP contribution in [0.3, 0.4) is 0 Å². The van der Waals surface area contributed by atoms with Gasteiger partial charge >= 0.3 is 0 Å². The average Bonchev–Trinajstić information content (AvgIpc) is 2.34. The molecule has 4 heteroatoms. The first-order valence-electron chi connectivity index (χ1n) is 5.49. The van der Waals surface area contributed by atoms with Crippen LogP contribution in [0.15, 0.2) is 47.2 Å². The molecule has 0 N–H and O–H groups in total. The van der Waals surface area contributed by atoms with Crippen LogP contribution in [-0.4, -0.2) is 10.8 Å². The van der Waals surface area contributed by atoms with Gasteiger partial charge in [-0.1, -0.05) is 28.1 Å². The summed E-state index contributed by atoms with van der Waals surface area (Å²) in [5, 5.41) is 0. The van der Waals surface area contributed by atoms with E-state index in [-0.39, 0.29) is 18.0 Å². The summed E-state index contributed by atoms with van der Waals surface area (Å²) in [5.74, 6) is -0.236. The van der Waals surface area contributed by atoms with Crippen molar-refractivity contribution in [3.05, 3.63) is 64.1 Å². The van der Waals surface area contributed by atoms with E-state index in [1.54, 1.807) is 24.5 Å². The van der Waals surface area contributed by atoms with Gasteiger partial charge in [-0.25, -0.2) is 4.39 Å². The van der Waals surface area contributed by atoms with Crippen molar-refractivity contribution in [1.82, 2.24) is 4.98 Å². The minimum absolute atomic E-state index is 0.0790. The van der Waals surface area contributed by atoms with E-state index in [4.69, 9.17) is 0 Å². The Morgan fingerprint density at radius 1 is 1.28 bits per heavy atom. The molecule has 0 saturated heterocycles. The third-order valence-corrected chi connectivity index (χ3v) is 3.27. The van der Waals surface area contributed by atoms with Gasteiger partial charge in [-0.2, -0.15) is 0 Å². The van der Waals surface area contributed by atoms with E-state index < -0.39 is 0 Å². The Balaban J connectivity index is 2.03. The fourth-order valence-electron chi connectivity index (χ4n) is 1.67. The predicted octanol–water partition coefficient (Wildman–Crippen LogP) is 3.34. The van der Waals surface area contributed by atoms with Crippen LogP contribution < -0.4 is 0 Å². The summed E-state index contributed by atoms with van der Waals surface area (Å²) in [6, 6.07) is 8.02. The number of pyridine rings is 1. The molecule has 0 aliphatic carbocycles. The number of nitrogens with zero attached hydrogens (tertiary/aromatic N) is 1. The van der Waals surface area contributed by atoms with E-state index in [9.17, 15) is 9.18 Å². The third-order valence-electron chi connectivity index (χ3n) is 2.53. The van der Waals surface area contributed by atoms with Crippen molar-refractivity contribution in [2.45, 2.75) is 12.8 Å². The smallest absolute Gasteiger partial charge is 0.141 e. The van der Waals surface area contributed by atoms with Crippen LogP contribution in [0.4, 0.5) is 4.39 Å². The zero-order valence-electron chi connectivity index (χ0n) is 9.57. The highest BCUT2D eigenvalue weighted by atomic mass is 79.9. The summed E-state index contributed by atoms with van der Waals surface area (Å²) >= 11 is 3.26. The normalized spacial score (nSPS) is 10.3. The lowest BCUT2D eigenvalue weighted by atomic mass is 10.0. The molecule has 92 valence electrons. The molecule has 0 atom stereocenters. The highest BCUT2D eigenvalue weighted by molar-refractivity contribution is 9.10. The number of hydrogen-bond acceptors (Lipinski definition) is 2. The average molecular weight is 308 g/mol. The summed E-state index contributed by atoms with van der Waals surface area (Å²) < 4.78 is 13.5. The van der Waals surface area contributed by atoms with E-state index >= 15 is 0 Å². The van der Waals surface area contributed by atoms with Gasteiger partial charge in [0, 0.05) is 29.7 Å². The van der Waals surface area contributed by atoms with Crippen LogP contribution in [0, 0.1) is 5.82 Å². The molecule has 0 radical (unpaired) electrons. The Morgan fingerprint density at radius 3 is 2.78 bits per heavy atom. The first-order chi connectivity index (χ1) is 8.65. The first-order valence-corrected chi connectivity index (χ1v) is 6.29. The molecular formula is C14H11BrFNO. The number of halogens is 2. The Bertz CT molecular complexity index is 557. The molecule has 0 spiro atoms. The minimum Gasteiger partial charge on any atom is -0.299 e. The molecule has 0 aliphatic rings. The van der Waals surface area contributed by atoms with Crippen molar-refractivity contribution >= 4 is 21.7 Å². The molecule has 2 rings (SSSR count). The molecule has 2 nitrogen and oxygen atoms in total. The van der Waals surface area contributed by atoms with Crippen LogP contribution >= 0.6 is 15.9 Å².